The number of anilines is 3. The van der Waals surface area contributed by atoms with Gasteiger partial charge in [-0.1, -0.05) is 183 Å². The average molecular weight is 868 g/mol. The van der Waals surface area contributed by atoms with Crippen molar-refractivity contribution in [2.24, 2.45) is 17.8 Å². The van der Waals surface area contributed by atoms with E-state index in [1.54, 1.807) is 5.56 Å². The number of fused-ring (bicyclic) bond motifs is 3. The zero-order valence-corrected chi connectivity index (χ0v) is 39.0. The van der Waals surface area contributed by atoms with Crippen molar-refractivity contribution in [1.82, 2.24) is 0 Å². The Bertz CT molecular complexity index is 2990. The summed E-state index contributed by atoms with van der Waals surface area (Å²) in [6, 6.07) is 74.7. The van der Waals surface area contributed by atoms with E-state index in [-0.39, 0.29) is 0 Å². The van der Waals surface area contributed by atoms with E-state index in [0.29, 0.717) is 11.3 Å². The standard InChI is InChI=1S/C66H61N/c1-45-21-35-61-62-36-34-58(41-64(62)66(63(61)37-45,54-15-7-3-8-16-54)55-17-9-4-10-18-55)67(57-32-28-53(29-33-57)65-42-46-38-47(43-65)40-48(39-46)44-65)56-30-26-52(27-31-56)60-20-12-11-19-59(60)51-24-22-50(23-25-51)49-13-5-2-6-14-49/h3-4,7-12,15-37,41,46-49H,2,5-6,13-14,38-40,42-44H2,1H3. The van der Waals surface area contributed by atoms with Gasteiger partial charge >= 0.3 is 0 Å². The van der Waals surface area contributed by atoms with E-state index in [4.69, 9.17) is 0 Å². The SMILES string of the molecule is Cc1ccc2c(c1)C(c1ccccc1)(c1ccccc1)c1cc(N(c3ccc(-c4ccccc4-c4ccc(C5CCCCC5)cc4)cc3)c3ccc(C45CC6CC(CC(C6)C4)C5)cc3)ccc1-2. The van der Waals surface area contributed by atoms with Gasteiger partial charge in [0.15, 0.2) is 0 Å². The van der Waals surface area contributed by atoms with E-state index in [0.717, 1.165) is 23.4 Å². The second-order valence-electron chi connectivity index (χ2n) is 21.4. The fourth-order valence-corrected chi connectivity index (χ4v) is 14.8. The number of hydrogen-bond acceptors (Lipinski definition) is 1. The molecule has 67 heavy (non-hydrogen) atoms. The summed E-state index contributed by atoms with van der Waals surface area (Å²) in [7, 11) is 0. The third-order valence-corrected chi connectivity index (χ3v) is 17.4. The summed E-state index contributed by atoms with van der Waals surface area (Å²) in [5.41, 5.74) is 20.8. The molecular formula is C66H61N. The van der Waals surface area contributed by atoms with Gasteiger partial charge in [0.1, 0.15) is 0 Å². The van der Waals surface area contributed by atoms with Crippen molar-refractivity contribution < 1.29 is 0 Å². The molecule has 0 heterocycles. The molecule has 0 amide bonds. The molecule has 14 rings (SSSR count). The number of hydrogen-bond donors (Lipinski definition) is 0. The molecule has 1 heteroatoms. The quantitative estimate of drug-likeness (QED) is 0.140. The first kappa shape index (κ1) is 40.8. The summed E-state index contributed by atoms with van der Waals surface area (Å²) in [5.74, 6) is 3.46. The van der Waals surface area contributed by atoms with Crippen LogP contribution in [0.25, 0.3) is 33.4 Å². The highest BCUT2D eigenvalue weighted by Crippen LogP contribution is 2.61. The van der Waals surface area contributed by atoms with Crippen LogP contribution >= 0.6 is 0 Å². The molecule has 5 saturated carbocycles. The summed E-state index contributed by atoms with van der Waals surface area (Å²) < 4.78 is 0. The van der Waals surface area contributed by atoms with Gasteiger partial charge in [0.2, 0.25) is 0 Å². The maximum Gasteiger partial charge on any atom is 0.0714 e. The van der Waals surface area contributed by atoms with Crippen LogP contribution < -0.4 is 4.90 Å². The van der Waals surface area contributed by atoms with Crippen LogP contribution in [0.1, 0.15) is 115 Å². The van der Waals surface area contributed by atoms with Crippen LogP contribution in [0, 0.1) is 24.7 Å². The topological polar surface area (TPSA) is 3.24 Å². The van der Waals surface area contributed by atoms with Crippen LogP contribution in [-0.4, -0.2) is 0 Å². The van der Waals surface area contributed by atoms with Gasteiger partial charge in [0.25, 0.3) is 0 Å². The molecule has 8 aromatic rings. The second kappa shape index (κ2) is 16.4. The van der Waals surface area contributed by atoms with Crippen LogP contribution in [0.15, 0.2) is 194 Å². The summed E-state index contributed by atoms with van der Waals surface area (Å²) >= 11 is 0. The maximum atomic E-state index is 2.53. The van der Waals surface area contributed by atoms with E-state index >= 15 is 0 Å². The molecule has 0 N–H and O–H groups in total. The monoisotopic (exact) mass is 867 g/mol. The van der Waals surface area contributed by atoms with Crippen molar-refractivity contribution in [2.45, 2.75) is 94.3 Å². The molecule has 0 aliphatic heterocycles. The lowest BCUT2D eigenvalue weighted by molar-refractivity contribution is -0.00518. The first-order valence-corrected chi connectivity index (χ1v) is 25.6. The Morgan fingerprint density at radius 2 is 0.881 bits per heavy atom. The molecule has 0 atom stereocenters. The highest BCUT2D eigenvalue weighted by atomic mass is 15.1. The normalized spacial score (nSPS) is 22.3. The van der Waals surface area contributed by atoms with Crippen molar-refractivity contribution in [1.29, 1.82) is 0 Å². The predicted molar refractivity (Wildman–Crippen MR) is 280 cm³/mol. The Hall–Kier alpha value is -6.44. The van der Waals surface area contributed by atoms with Gasteiger partial charge < -0.3 is 4.90 Å². The van der Waals surface area contributed by atoms with Gasteiger partial charge in [-0.05, 0) is 191 Å². The largest absolute Gasteiger partial charge is 0.310 e. The Labute approximate surface area is 398 Å². The van der Waals surface area contributed by atoms with Crippen LogP contribution in [-0.2, 0) is 10.8 Å². The molecule has 0 radical (unpaired) electrons. The van der Waals surface area contributed by atoms with E-state index in [1.165, 1.54) is 149 Å². The first-order chi connectivity index (χ1) is 33.0. The third-order valence-electron chi connectivity index (χ3n) is 17.4. The summed E-state index contributed by atoms with van der Waals surface area (Å²) in [4.78, 5) is 2.53. The summed E-state index contributed by atoms with van der Waals surface area (Å²) in [5, 5.41) is 0. The summed E-state index contributed by atoms with van der Waals surface area (Å²) in [6.07, 6.45) is 15.3. The third kappa shape index (κ3) is 6.86. The molecule has 6 aliphatic carbocycles. The molecule has 330 valence electrons. The molecule has 6 aliphatic rings. The Kier molecular flexibility index (Phi) is 9.99. The van der Waals surface area contributed by atoms with Crippen LogP contribution in [0.5, 0.6) is 0 Å². The zero-order chi connectivity index (χ0) is 44.5. The maximum absolute atomic E-state index is 2.53. The van der Waals surface area contributed by atoms with Crippen LogP contribution in [0.4, 0.5) is 17.1 Å². The minimum absolute atomic E-state index is 0.353. The minimum Gasteiger partial charge on any atom is -0.310 e. The molecule has 5 fully saturated rings. The fraction of sp³-hybridized carbons (Fsp3) is 0.273. The molecule has 4 bridgehead atoms. The molecule has 8 aromatic carbocycles. The van der Waals surface area contributed by atoms with Gasteiger partial charge in [-0.3, -0.25) is 0 Å². The summed E-state index contributed by atoms with van der Waals surface area (Å²) in [6.45, 7) is 2.24. The van der Waals surface area contributed by atoms with Crippen LogP contribution in [0.2, 0.25) is 0 Å². The molecule has 0 unspecified atom stereocenters. The first-order valence-electron chi connectivity index (χ1n) is 25.6. The molecule has 0 spiro atoms. The average Bonchev–Trinajstić information content (AvgIpc) is 3.66. The van der Waals surface area contributed by atoms with Crippen molar-refractivity contribution in [3.05, 3.63) is 233 Å². The smallest absolute Gasteiger partial charge is 0.0714 e. The van der Waals surface area contributed by atoms with Gasteiger partial charge in [-0.15, -0.1) is 0 Å². The highest BCUT2D eigenvalue weighted by Gasteiger charge is 2.52. The highest BCUT2D eigenvalue weighted by molar-refractivity contribution is 5.90. The lowest BCUT2D eigenvalue weighted by atomic mass is 9.48. The fourth-order valence-electron chi connectivity index (χ4n) is 14.8. The van der Waals surface area contributed by atoms with Gasteiger partial charge in [0.05, 0.1) is 5.41 Å². The van der Waals surface area contributed by atoms with Crippen molar-refractivity contribution >= 4 is 17.1 Å². The van der Waals surface area contributed by atoms with Crippen molar-refractivity contribution in [3.8, 4) is 33.4 Å². The molecular weight excluding hydrogens is 807 g/mol. The lowest BCUT2D eigenvalue weighted by Gasteiger charge is -2.57. The second-order valence-corrected chi connectivity index (χ2v) is 21.4. The van der Waals surface area contributed by atoms with Crippen molar-refractivity contribution in [2.75, 3.05) is 4.90 Å². The number of rotatable bonds is 9. The predicted octanol–water partition coefficient (Wildman–Crippen LogP) is 17.7. The number of benzene rings is 8. The Morgan fingerprint density at radius 1 is 0.403 bits per heavy atom. The van der Waals surface area contributed by atoms with E-state index < -0.39 is 5.41 Å². The lowest BCUT2D eigenvalue weighted by Crippen LogP contribution is -2.48. The van der Waals surface area contributed by atoms with E-state index in [9.17, 15) is 0 Å². The Balaban J connectivity index is 0.936. The van der Waals surface area contributed by atoms with Crippen LogP contribution in [0.3, 0.4) is 0 Å². The molecule has 1 nitrogen and oxygen atoms in total. The minimum atomic E-state index is -0.481. The van der Waals surface area contributed by atoms with Crippen molar-refractivity contribution in [3.63, 3.8) is 0 Å². The number of aryl methyl sites for hydroxylation is 1. The Morgan fingerprint density at radius 3 is 1.45 bits per heavy atom. The van der Waals surface area contributed by atoms with E-state index in [1.807, 2.05) is 0 Å². The van der Waals surface area contributed by atoms with Gasteiger partial charge in [-0.2, -0.15) is 0 Å². The van der Waals surface area contributed by atoms with Gasteiger partial charge in [-0.25, -0.2) is 0 Å². The molecule has 0 aromatic heterocycles. The van der Waals surface area contributed by atoms with E-state index in [2.05, 4.69) is 206 Å². The zero-order valence-electron chi connectivity index (χ0n) is 39.0. The van der Waals surface area contributed by atoms with Gasteiger partial charge in [0, 0.05) is 17.1 Å². The molecule has 0 saturated heterocycles. The number of nitrogens with zero attached hydrogens (tertiary/aromatic N) is 1.